The molecule has 0 radical (unpaired) electrons. The number of hydrogen-bond acceptors (Lipinski definition) is 4. The molecule has 2 aliphatic rings. The Hall–Kier alpha value is -1.16. The summed E-state index contributed by atoms with van der Waals surface area (Å²) in [6, 6.07) is 0.600. The van der Waals surface area contributed by atoms with Gasteiger partial charge in [0.05, 0.1) is 0 Å². The number of nitrogens with zero attached hydrogens (tertiary/aromatic N) is 1. The maximum Gasteiger partial charge on any atom is 0.188 e. The monoisotopic (exact) mass is 250 g/mol. The van der Waals surface area contributed by atoms with Gasteiger partial charge < -0.3 is 14.8 Å². The van der Waals surface area contributed by atoms with Crippen LogP contribution in [0.5, 0.6) is 0 Å². The van der Waals surface area contributed by atoms with Crippen molar-refractivity contribution < 1.29 is 9.53 Å². The van der Waals surface area contributed by atoms with E-state index in [-0.39, 0.29) is 5.78 Å². The Morgan fingerprint density at radius 2 is 2.33 bits per heavy atom. The second kappa shape index (κ2) is 6.14. The van der Waals surface area contributed by atoms with Crippen LogP contribution in [0.15, 0.2) is 17.3 Å². The van der Waals surface area contributed by atoms with Crippen molar-refractivity contribution in [2.45, 2.75) is 51.2 Å². The van der Waals surface area contributed by atoms with Crippen LogP contribution in [-0.2, 0) is 9.53 Å². The Morgan fingerprint density at radius 1 is 1.56 bits per heavy atom. The van der Waals surface area contributed by atoms with Gasteiger partial charge >= 0.3 is 0 Å². The molecule has 0 aromatic rings. The molecule has 1 N–H and O–H groups in total. The molecule has 1 aliphatic heterocycles. The highest BCUT2D eigenvalue weighted by atomic mass is 16.5. The SMILES string of the molecule is CNC1CC(OC2=NC=CC(CCC(C)=O)C2)C1. The van der Waals surface area contributed by atoms with Crippen molar-refractivity contribution in [2.75, 3.05) is 7.05 Å². The van der Waals surface area contributed by atoms with Gasteiger partial charge in [-0.05, 0) is 39.2 Å². The predicted molar refractivity (Wildman–Crippen MR) is 71.6 cm³/mol. The number of allylic oxidation sites excluding steroid dienone is 1. The predicted octanol–water partition coefficient (Wildman–Crippen LogP) is 2.05. The summed E-state index contributed by atoms with van der Waals surface area (Å²) in [5.41, 5.74) is 0. The van der Waals surface area contributed by atoms with Crippen LogP contribution in [0.2, 0.25) is 0 Å². The van der Waals surface area contributed by atoms with E-state index in [0.29, 0.717) is 24.5 Å². The summed E-state index contributed by atoms with van der Waals surface area (Å²) >= 11 is 0. The van der Waals surface area contributed by atoms with Crippen LogP contribution < -0.4 is 5.32 Å². The number of hydrogen-bond donors (Lipinski definition) is 1. The van der Waals surface area contributed by atoms with Crippen molar-refractivity contribution >= 4 is 11.7 Å². The molecule has 0 spiro atoms. The van der Waals surface area contributed by atoms with E-state index in [9.17, 15) is 4.79 Å². The quantitative estimate of drug-likeness (QED) is 0.812. The second-order valence-electron chi connectivity index (χ2n) is 5.27. The summed E-state index contributed by atoms with van der Waals surface area (Å²) in [6.07, 6.45) is 8.73. The number of nitrogens with one attached hydrogen (secondary N) is 1. The molecule has 18 heavy (non-hydrogen) atoms. The van der Waals surface area contributed by atoms with E-state index in [0.717, 1.165) is 31.6 Å². The molecule has 1 fully saturated rings. The lowest BCUT2D eigenvalue weighted by atomic mass is 9.89. The fourth-order valence-corrected chi connectivity index (χ4v) is 2.35. The lowest BCUT2D eigenvalue weighted by Crippen LogP contribution is -2.44. The standard InChI is InChI=1S/C14H22N2O2/c1-10(17)3-4-11-5-6-16-14(7-11)18-13-8-12(9-13)15-2/h5-6,11-13,15H,3-4,7-9H2,1-2H3. The van der Waals surface area contributed by atoms with E-state index < -0.39 is 0 Å². The van der Waals surface area contributed by atoms with Gasteiger partial charge in [0, 0.05) is 25.1 Å². The third-order valence-electron chi connectivity index (χ3n) is 3.69. The Labute approximate surface area is 109 Å². The first-order chi connectivity index (χ1) is 8.67. The fourth-order valence-electron chi connectivity index (χ4n) is 2.35. The zero-order valence-electron chi connectivity index (χ0n) is 11.2. The number of carbonyl (C=O) groups excluding carboxylic acids is 1. The van der Waals surface area contributed by atoms with Crippen molar-refractivity contribution in [1.29, 1.82) is 0 Å². The molecule has 1 saturated carbocycles. The first kappa shape index (κ1) is 13.3. The van der Waals surface area contributed by atoms with Gasteiger partial charge in [0.25, 0.3) is 0 Å². The van der Waals surface area contributed by atoms with Crippen molar-refractivity contribution in [3.05, 3.63) is 12.3 Å². The number of aliphatic imine (C=N–C) groups is 1. The third kappa shape index (κ3) is 3.67. The molecule has 4 nitrogen and oxygen atoms in total. The van der Waals surface area contributed by atoms with Gasteiger partial charge in [-0.3, -0.25) is 0 Å². The normalized spacial score (nSPS) is 30.6. The zero-order chi connectivity index (χ0) is 13.0. The van der Waals surface area contributed by atoms with Crippen LogP contribution in [0.4, 0.5) is 0 Å². The molecule has 0 amide bonds. The summed E-state index contributed by atoms with van der Waals surface area (Å²) in [6.45, 7) is 1.64. The first-order valence-corrected chi connectivity index (χ1v) is 6.74. The maximum atomic E-state index is 11.0. The molecule has 1 heterocycles. The maximum absolute atomic E-state index is 11.0. The molecular weight excluding hydrogens is 228 g/mol. The van der Waals surface area contributed by atoms with Gasteiger partial charge in [0.15, 0.2) is 5.90 Å². The van der Waals surface area contributed by atoms with Crippen LogP contribution in [0.25, 0.3) is 0 Å². The third-order valence-corrected chi connectivity index (χ3v) is 3.69. The van der Waals surface area contributed by atoms with Gasteiger partial charge in [-0.2, -0.15) is 0 Å². The largest absolute Gasteiger partial charge is 0.477 e. The highest BCUT2D eigenvalue weighted by Crippen LogP contribution is 2.26. The average molecular weight is 250 g/mol. The van der Waals surface area contributed by atoms with E-state index in [4.69, 9.17) is 4.74 Å². The molecule has 1 aliphatic carbocycles. The summed E-state index contributed by atoms with van der Waals surface area (Å²) in [5, 5.41) is 3.24. The first-order valence-electron chi connectivity index (χ1n) is 6.74. The van der Waals surface area contributed by atoms with Gasteiger partial charge in [-0.15, -0.1) is 0 Å². The lowest BCUT2D eigenvalue weighted by Gasteiger charge is -2.35. The summed E-state index contributed by atoms with van der Waals surface area (Å²) < 4.78 is 5.87. The van der Waals surface area contributed by atoms with E-state index in [1.807, 2.05) is 13.2 Å². The highest BCUT2D eigenvalue weighted by molar-refractivity contribution is 5.79. The summed E-state index contributed by atoms with van der Waals surface area (Å²) in [4.78, 5) is 15.3. The molecule has 100 valence electrons. The van der Waals surface area contributed by atoms with Crippen LogP contribution in [-0.4, -0.2) is 30.9 Å². The fraction of sp³-hybridized carbons (Fsp3) is 0.714. The van der Waals surface area contributed by atoms with Crippen molar-refractivity contribution in [2.24, 2.45) is 10.9 Å². The molecule has 2 rings (SSSR count). The molecule has 1 atom stereocenters. The van der Waals surface area contributed by atoms with Crippen molar-refractivity contribution in [3.63, 3.8) is 0 Å². The molecule has 0 bridgehead atoms. The molecule has 0 aromatic heterocycles. The average Bonchev–Trinajstić information content (AvgIpc) is 2.31. The van der Waals surface area contributed by atoms with Gasteiger partial charge in [-0.25, -0.2) is 4.99 Å². The van der Waals surface area contributed by atoms with Crippen molar-refractivity contribution in [1.82, 2.24) is 5.32 Å². The minimum Gasteiger partial charge on any atom is -0.477 e. The Morgan fingerprint density at radius 3 is 3.00 bits per heavy atom. The van der Waals surface area contributed by atoms with Crippen LogP contribution in [0.3, 0.4) is 0 Å². The van der Waals surface area contributed by atoms with E-state index in [2.05, 4.69) is 16.4 Å². The van der Waals surface area contributed by atoms with Crippen LogP contribution in [0, 0.1) is 5.92 Å². The molecule has 4 heteroatoms. The molecule has 0 aromatic carbocycles. The van der Waals surface area contributed by atoms with E-state index in [1.165, 1.54) is 0 Å². The molecular formula is C14H22N2O2. The summed E-state index contributed by atoms with van der Waals surface area (Å²) in [7, 11) is 1.99. The van der Waals surface area contributed by atoms with Gasteiger partial charge in [0.1, 0.15) is 11.9 Å². The Balaban J connectivity index is 1.72. The zero-order valence-corrected chi connectivity index (χ0v) is 11.2. The Bertz CT molecular complexity index is 357. The molecule has 1 unspecified atom stereocenters. The van der Waals surface area contributed by atoms with Crippen molar-refractivity contribution in [3.8, 4) is 0 Å². The van der Waals surface area contributed by atoms with Crippen LogP contribution in [0.1, 0.15) is 39.0 Å². The second-order valence-corrected chi connectivity index (χ2v) is 5.27. The smallest absolute Gasteiger partial charge is 0.188 e. The Kier molecular flexibility index (Phi) is 4.53. The number of carbonyl (C=O) groups is 1. The lowest BCUT2D eigenvalue weighted by molar-refractivity contribution is -0.117. The number of ketones is 1. The molecule has 0 saturated heterocycles. The summed E-state index contributed by atoms with van der Waals surface area (Å²) in [5.74, 6) is 1.50. The minimum atomic E-state index is 0.254. The van der Waals surface area contributed by atoms with Gasteiger partial charge in [-0.1, -0.05) is 6.08 Å². The highest BCUT2D eigenvalue weighted by Gasteiger charge is 2.30. The number of rotatable bonds is 5. The topological polar surface area (TPSA) is 50.7 Å². The van der Waals surface area contributed by atoms with E-state index >= 15 is 0 Å². The number of ether oxygens (including phenoxy) is 1. The number of Topliss-reactive ketones (excluding diaryl/α,β-unsaturated/α-hetero) is 1. The van der Waals surface area contributed by atoms with Crippen LogP contribution >= 0.6 is 0 Å². The van der Waals surface area contributed by atoms with Gasteiger partial charge in [0.2, 0.25) is 0 Å². The van der Waals surface area contributed by atoms with E-state index in [1.54, 1.807) is 6.92 Å². The minimum absolute atomic E-state index is 0.254.